The molecule has 0 aromatic heterocycles. The Kier molecular flexibility index (Phi) is 7.15. The van der Waals surface area contributed by atoms with Gasteiger partial charge in [-0.1, -0.05) is 26.0 Å². The standard InChI is InChI=1S/C22H37N3O2/c1-17(2)12-19-13-20(24-23-19)15-25-10-8-22(16-26,9-11-25)14-18-4-6-21(27-3)7-5-18/h4-7,17,19-20,23-24,26H,8-16H2,1-3H3. The van der Waals surface area contributed by atoms with Crippen LogP contribution in [0, 0.1) is 11.3 Å². The summed E-state index contributed by atoms with van der Waals surface area (Å²) >= 11 is 0. The minimum absolute atomic E-state index is 0.0205. The number of hydrazine groups is 1. The molecule has 0 spiro atoms. The van der Waals surface area contributed by atoms with E-state index < -0.39 is 0 Å². The maximum Gasteiger partial charge on any atom is 0.118 e. The van der Waals surface area contributed by atoms with Crippen LogP contribution in [-0.2, 0) is 6.42 Å². The van der Waals surface area contributed by atoms with Crippen LogP contribution in [-0.4, -0.2) is 55.4 Å². The highest BCUT2D eigenvalue weighted by Crippen LogP contribution is 2.35. The van der Waals surface area contributed by atoms with Crippen LogP contribution in [0.3, 0.4) is 0 Å². The monoisotopic (exact) mass is 375 g/mol. The quantitative estimate of drug-likeness (QED) is 0.652. The summed E-state index contributed by atoms with van der Waals surface area (Å²) in [7, 11) is 1.69. The number of aliphatic hydroxyl groups excluding tert-OH is 1. The second-order valence-corrected chi connectivity index (χ2v) is 9.03. The molecule has 0 amide bonds. The molecule has 3 rings (SSSR count). The average molecular weight is 376 g/mol. The molecule has 5 heteroatoms. The van der Waals surface area contributed by atoms with Gasteiger partial charge in [0.15, 0.2) is 0 Å². The summed E-state index contributed by atoms with van der Waals surface area (Å²) in [5.74, 6) is 1.63. The number of ether oxygens (including phenoxy) is 1. The summed E-state index contributed by atoms with van der Waals surface area (Å²) < 4.78 is 5.25. The Morgan fingerprint density at radius 3 is 2.41 bits per heavy atom. The zero-order chi connectivity index (χ0) is 19.3. The summed E-state index contributed by atoms with van der Waals surface area (Å²) in [5.41, 5.74) is 8.27. The molecule has 0 bridgehead atoms. The summed E-state index contributed by atoms with van der Waals surface area (Å²) in [6.45, 7) is 8.10. The van der Waals surface area contributed by atoms with Crippen LogP contribution in [0.15, 0.2) is 24.3 Å². The molecule has 2 aliphatic heterocycles. The van der Waals surface area contributed by atoms with Gasteiger partial charge in [0.05, 0.1) is 7.11 Å². The molecular weight excluding hydrogens is 338 g/mol. The van der Waals surface area contributed by atoms with Crippen molar-refractivity contribution in [2.24, 2.45) is 11.3 Å². The van der Waals surface area contributed by atoms with Crippen LogP contribution in [0.2, 0.25) is 0 Å². The van der Waals surface area contributed by atoms with Crippen molar-refractivity contribution in [3.05, 3.63) is 29.8 Å². The number of hydrogen-bond acceptors (Lipinski definition) is 5. The van der Waals surface area contributed by atoms with Crippen molar-refractivity contribution < 1.29 is 9.84 Å². The molecule has 2 atom stereocenters. The van der Waals surface area contributed by atoms with E-state index in [0.717, 1.165) is 50.6 Å². The maximum atomic E-state index is 10.1. The summed E-state index contributed by atoms with van der Waals surface area (Å²) in [5, 5.41) is 10.1. The Hall–Kier alpha value is -1.14. The lowest BCUT2D eigenvalue weighted by Gasteiger charge is -2.41. The topological polar surface area (TPSA) is 56.8 Å². The van der Waals surface area contributed by atoms with Gasteiger partial charge in [-0.05, 0) is 74.2 Å². The molecule has 2 fully saturated rings. The van der Waals surface area contributed by atoms with E-state index in [0.29, 0.717) is 12.1 Å². The first-order valence-corrected chi connectivity index (χ1v) is 10.5. The minimum Gasteiger partial charge on any atom is -0.497 e. The van der Waals surface area contributed by atoms with Crippen molar-refractivity contribution in [2.75, 3.05) is 33.4 Å². The Morgan fingerprint density at radius 2 is 1.81 bits per heavy atom. The summed E-state index contributed by atoms with van der Waals surface area (Å²) in [4.78, 5) is 2.57. The van der Waals surface area contributed by atoms with Crippen molar-refractivity contribution >= 4 is 0 Å². The van der Waals surface area contributed by atoms with E-state index in [1.807, 2.05) is 12.1 Å². The molecule has 2 unspecified atom stereocenters. The predicted octanol–water partition coefficient (Wildman–Crippen LogP) is 2.59. The lowest BCUT2D eigenvalue weighted by atomic mass is 9.74. The van der Waals surface area contributed by atoms with E-state index in [4.69, 9.17) is 4.74 Å². The molecule has 3 N–H and O–H groups in total. The summed E-state index contributed by atoms with van der Waals surface area (Å²) in [6.07, 6.45) is 5.52. The molecule has 5 nitrogen and oxygen atoms in total. The number of nitrogens with zero attached hydrogens (tertiary/aromatic N) is 1. The first-order chi connectivity index (χ1) is 13.0. The van der Waals surface area contributed by atoms with Gasteiger partial charge in [-0.25, -0.2) is 0 Å². The molecule has 0 aliphatic carbocycles. The van der Waals surface area contributed by atoms with Crippen LogP contribution in [0.1, 0.15) is 45.1 Å². The van der Waals surface area contributed by atoms with E-state index >= 15 is 0 Å². The molecule has 27 heavy (non-hydrogen) atoms. The maximum absolute atomic E-state index is 10.1. The average Bonchev–Trinajstić information content (AvgIpc) is 3.10. The molecule has 2 aliphatic rings. The highest BCUT2D eigenvalue weighted by atomic mass is 16.5. The van der Waals surface area contributed by atoms with E-state index in [1.54, 1.807) is 7.11 Å². The number of aliphatic hydroxyl groups is 1. The van der Waals surface area contributed by atoms with Gasteiger partial charge < -0.3 is 14.7 Å². The van der Waals surface area contributed by atoms with Gasteiger partial charge in [0, 0.05) is 25.2 Å². The van der Waals surface area contributed by atoms with Gasteiger partial charge >= 0.3 is 0 Å². The normalized spacial score (nSPS) is 25.8. The molecule has 152 valence electrons. The number of hydrogen-bond donors (Lipinski definition) is 3. The van der Waals surface area contributed by atoms with Gasteiger partial charge in [-0.2, -0.15) is 0 Å². The highest BCUT2D eigenvalue weighted by Gasteiger charge is 2.35. The third-order valence-electron chi connectivity index (χ3n) is 6.29. The predicted molar refractivity (Wildman–Crippen MR) is 110 cm³/mol. The number of rotatable bonds is 8. The van der Waals surface area contributed by atoms with E-state index in [2.05, 4.69) is 41.7 Å². The number of likely N-dealkylation sites (tertiary alicyclic amines) is 1. The van der Waals surface area contributed by atoms with Gasteiger partial charge in [0.1, 0.15) is 5.75 Å². The summed E-state index contributed by atoms with van der Waals surface area (Å²) in [6, 6.07) is 9.43. The molecule has 2 heterocycles. The molecule has 1 aromatic rings. The first kappa shape index (κ1) is 20.6. The van der Waals surface area contributed by atoms with Gasteiger partial charge in [-0.15, -0.1) is 0 Å². The third-order valence-corrected chi connectivity index (χ3v) is 6.29. The van der Waals surface area contributed by atoms with Gasteiger partial charge in [0.2, 0.25) is 0 Å². The fraction of sp³-hybridized carbons (Fsp3) is 0.727. The van der Waals surface area contributed by atoms with Crippen molar-refractivity contribution in [1.29, 1.82) is 0 Å². The second-order valence-electron chi connectivity index (χ2n) is 9.03. The van der Waals surface area contributed by atoms with Crippen LogP contribution in [0.25, 0.3) is 0 Å². The highest BCUT2D eigenvalue weighted by molar-refractivity contribution is 5.28. The van der Waals surface area contributed by atoms with Crippen molar-refractivity contribution in [3.8, 4) is 5.75 Å². The zero-order valence-corrected chi connectivity index (χ0v) is 17.2. The Morgan fingerprint density at radius 1 is 1.15 bits per heavy atom. The van der Waals surface area contributed by atoms with Crippen LogP contribution in [0.5, 0.6) is 5.75 Å². The smallest absolute Gasteiger partial charge is 0.118 e. The van der Waals surface area contributed by atoms with E-state index in [1.165, 1.54) is 18.4 Å². The minimum atomic E-state index is 0.0205. The fourth-order valence-corrected chi connectivity index (χ4v) is 4.63. The molecule has 0 saturated carbocycles. The molecule has 2 saturated heterocycles. The molecule has 0 radical (unpaired) electrons. The zero-order valence-electron chi connectivity index (χ0n) is 17.2. The fourth-order valence-electron chi connectivity index (χ4n) is 4.63. The van der Waals surface area contributed by atoms with Crippen LogP contribution in [0.4, 0.5) is 0 Å². The number of piperidine rings is 1. The van der Waals surface area contributed by atoms with Gasteiger partial charge in [0.25, 0.3) is 0 Å². The Labute approximate surface area is 164 Å². The second kappa shape index (κ2) is 9.37. The van der Waals surface area contributed by atoms with Gasteiger partial charge in [-0.3, -0.25) is 10.9 Å². The molecule has 1 aromatic carbocycles. The van der Waals surface area contributed by atoms with E-state index in [-0.39, 0.29) is 12.0 Å². The number of benzene rings is 1. The Balaban J connectivity index is 1.47. The van der Waals surface area contributed by atoms with Crippen molar-refractivity contribution in [1.82, 2.24) is 15.8 Å². The number of methoxy groups -OCH3 is 1. The largest absolute Gasteiger partial charge is 0.497 e. The molecular formula is C22H37N3O2. The Bertz CT molecular complexity index is 567. The van der Waals surface area contributed by atoms with Crippen LogP contribution >= 0.6 is 0 Å². The van der Waals surface area contributed by atoms with Crippen LogP contribution < -0.4 is 15.6 Å². The first-order valence-electron chi connectivity index (χ1n) is 10.5. The SMILES string of the molecule is COc1ccc(CC2(CO)CCN(CC3CC(CC(C)C)NN3)CC2)cc1. The number of nitrogens with one attached hydrogen (secondary N) is 2. The van der Waals surface area contributed by atoms with Crippen molar-refractivity contribution in [2.45, 2.75) is 58.0 Å². The lowest BCUT2D eigenvalue weighted by Crippen LogP contribution is -2.47. The lowest BCUT2D eigenvalue weighted by molar-refractivity contribution is 0.0412. The van der Waals surface area contributed by atoms with Crippen molar-refractivity contribution in [3.63, 3.8) is 0 Å². The third kappa shape index (κ3) is 5.67. The van der Waals surface area contributed by atoms with E-state index in [9.17, 15) is 5.11 Å².